The lowest BCUT2D eigenvalue weighted by molar-refractivity contribution is 0.866. The molecule has 1 aromatic carbocycles. The zero-order valence-corrected chi connectivity index (χ0v) is 8.96. The van der Waals surface area contributed by atoms with Crippen molar-refractivity contribution >= 4 is 22.5 Å². The highest BCUT2D eigenvalue weighted by atomic mass is 35.5. The molecule has 3 rings (SSSR count). The van der Waals surface area contributed by atoms with Crippen LogP contribution < -0.4 is 0 Å². The van der Waals surface area contributed by atoms with Crippen LogP contribution in [0.25, 0.3) is 16.7 Å². The van der Waals surface area contributed by atoms with E-state index in [1.165, 1.54) is 6.33 Å². The van der Waals surface area contributed by atoms with Gasteiger partial charge in [-0.3, -0.25) is 0 Å². The molecule has 0 amide bonds. The number of fused-ring (bicyclic) bond motifs is 1. The Morgan fingerprint density at radius 2 is 2.00 bits per heavy atom. The van der Waals surface area contributed by atoms with E-state index in [4.69, 9.17) is 11.6 Å². The summed E-state index contributed by atoms with van der Waals surface area (Å²) in [6.45, 7) is 0. The summed E-state index contributed by atoms with van der Waals surface area (Å²) in [5, 5.41) is 5.75. The summed E-state index contributed by atoms with van der Waals surface area (Å²) < 4.78 is 1.74. The van der Waals surface area contributed by atoms with Gasteiger partial charge in [0.15, 0.2) is 5.82 Å². The number of nitrogens with zero attached hydrogens (tertiary/aromatic N) is 4. The topological polar surface area (TPSA) is 43.6 Å². The molecule has 2 aromatic heterocycles. The monoisotopic (exact) mass is 230 g/mol. The zero-order chi connectivity index (χ0) is 11.0. The van der Waals surface area contributed by atoms with Crippen LogP contribution in [0.2, 0.25) is 5.15 Å². The Kier molecular flexibility index (Phi) is 2.08. The molecule has 0 aliphatic carbocycles. The molecular weight excluding hydrogens is 224 g/mol. The number of hydrogen-bond acceptors (Lipinski definition) is 3. The van der Waals surface area contributed by atoms with Gasteiger partial charge < -0.3 is 0 Å². The summed E-state index contributed by atoms with van der Waals surface area (Å²) in [5.74, 6) is 0.668. The molecule has 3 aromatic rings. The Morgan fingerprint density at radius 3 is 2.88 bits per heavy atom. The van der Waals surface area contributed by atoms with Gasteiger partial charge in [0.2, 0.25) is 0 Å². The van der Waals surface area contributed by atoms with E-state index >= 15 is 0 Å². The van der Waals surface area contributed by atoms with Gasteiger partial charge in [0.1, 0.15) is 11.5 Å². The smallest absolute Gasteiger partial charge is 0.158 e. The second-order valence-electron chi connectivity index (χ2n) is 3.31. The summed E-state index contributed by atoms with van der Waals surface area (Å²) in [5.41, 5.74) is 0.997. The lowest BCUT2D eigenvalue weighted by atomic mass is 10.2. The number of halogens is 1. The van der Waals surface area contributed by atoms with Gasteiger partial charge in [-0.1, -0.05) is 29.8 Å². The van der Waals surface area contributed by atoms with E-state index in [0.29, 0.717) is 11.0 Å². The van der Waals surface area contributed by atoms with Crippen LogP contribution in [0.15, 0.2) is 42.9 Å². The van der Waals surface area contributed by atoms with Crippen LogP contribution in [0.3, 0.4) is 0 Å². The average molecular weight is 231 g/mol. The number of rotatable bonds is 1. The van der Waals surface area contributed by atoms with Crippen LogP contribution >= 0.6 is 11.6 Å². The van der Waals surface area contributed by atoms with E-state index in [1.807, 2.05) is 24.3 Å². The van der Waals surface area contributed by atoms with Crippen molar-refractivity contribution in [2.75, 3.05) is 0 Å². The van der Waals surface area contributed by atoms with Crippen LogP contribution in [-0.2, 0) is 0 Å². The average Bonchev–Trinajstić information content (AvgIpc) is 2.72. The molecule has 0 aliphatic rings. The van der Waals surface area contributed by atoms with Gasteiger partial charge in [0.25, 0.3) is 0 Å². The Hall–Kier alpha value is -1.94. The van der Waals surface area contributed by atoms with E-state index in [1.54, 1.807) is 16.9 Å². The number of hydrogen-bond donors (Lipinski definition) is 0. The van der Waals surface area contributed by atoms with E-state index in [9.17, 15) is 0 Å². The van der Waals surface area contributed by atoms with Crippen LogP contribution in [0, 0.1) is 0 Å². The molecule has 2 heterocycles. The van der Waals surface area contributed by atoms with E-state index < -0.39 is 0 Å². The minimum absolute atomic E-state index is 0.407. The van der Waals surface area contributed by atoms with Crippen molar-refractivity contribution < 1.29 is 0 Å². The zero-order valence-electron chi connectivity index (χ0n) is 8.21. The molecule has 0 spiro atoms. The Balaban J connectivity index is 2.26. The van der Waals surface area contributed by atoms with Gasteiger partial charge in [-0.25, -0.2) is 14.6 Å². The van der Waals surface area contributed by atoms with Gasteiger partial charge in [-0.2, -0.15) is 5.10 Å². The molecule has 0 bridgehead atoms. The van der Waals surface area contributed by atoms with Crippen LogP contribution in [0.4, 0.5) is 0 Å². The summed E-state index contributed by atoms with van der Waals surface area (Å²) in [7, 11) is 0. The third-order valence-electron chi connectivity index (χ3n) is 2.31. The fourth-order valence-electron chi connectivity index (χ4n) is 1.59. The molecule has 5 heteroatoms. The van der Waals surface area contributed by atoms with E-state index in [0.717, 1.165) is 10.9 Å². The van der Waals surface area contributed by atoms with Crippen molar-refractivity contribution in [3.8, 4) is 5.82 Å². The van der Waals surface area contributed by atoms with E-state index in [2.05, 4.69) is 15.1 Å². The molecule has 4 nitrogen and oxygen atoms in total. The lowest BCUT2D eigenvalue weighted by Crippen LogP contribution is -1.99. The fourth-order valence-corrected chi connectivity index (χ4v) is 1.74. The largest absolute Gasteiger partial charge is 0.224 e. The molecule has 16 heavy (non-hydrogen) atoms. The SMILES string of the molecule is Clc1cc(-n2ncc3ccccc32)ncn1. The first kappa shape index (κ1) is 9.30. The second kappa shape index (κ2) is 3.57. The molecular formula is C11H7ClN4. The van der Waals surface area contributed by atoms with Gasteiger partial charge in [-0.05, 0) is 6.07 Å². The molecule has 0 N–H and O–H groups in total. The van der Waals surface area contributed by atoms with Crippen molar-refractivity contribution in [1.82, 2.24) is 19.7 Å². The highest BCUT2D eigenvalue weighted by Crippen LogP contribution is 2.17. The molecule has 0 fully saturated rings. The second-order valence-corrected chi connectivity index (χ2v) is 3.70. The van der Waals surface area contributed by atoms with Gasteiger partial charge in [-0.15, -0.1) is 0 Å². The number of aromatic nitrogens is 4. The maximum Gasteiger partial charge on any atom is 0.158 e. The molecule has 0 aliphatic heterocycles. The van der Waals surface area contributed by atoms with Crippen molar-refractivity contribution in [3.63, 3.8) is 0 Å². The summed E-state index contributed by atoms with van der Waals surface area (Å²) >= 11 is 5.82. The quantitative estimate of drug-likeness (QED) is 0.603. The van der Waals surface area contributed by atoms with Crippen molar-refractivity contribution in [2.45, 2.75) is 0 Å². The van der Waals surface area contributed by atoms with E-state index in [-0.39, 0.29) is 0 Å². The maximum atomic E-state index is 5.82. The normalized spacial score (nSPS) is 10.8. The number of benzene rings is 1. The van der Waals surface area contributed by atoms with Crippen molar-refractivity contribution in [1.29, 1.82) is 0 Å². The molecule has 0 radical (unpaired) electrons. The van der Waals surface area contributed by atoms with Crippen molar-refractivity contribution in [2.24, 2.45) is 0 Å². The minimum atomic E-state index is 0.407. The molecule has 78 valence electrons. The molecule has 0 saturated carbocycles. The minimum Gasteiger partial charge on any atom is -0.224 e. The van der Waals surface area contributed by atoms with Gasteiger partial charge in [0.05, 0.1) is 11.7 Å². The van der Waals surface area contributed by atoms with Crippen LogP contribution in [0.5, 0.6) is 0 Å². The molecule has 0 atom stereocenters. The molecule has 0 unspecified atom stereocenters. The first-order chi connectivity index (χ1) is 7.84. The Bertz CT molecular complexity index is 647. The summed E-state index contributed by atoms with van der Waals surface area (Å²) in [4.78, 5) is 7.98. The highest BCUT2D eigenvalue weighted by Gasteiger charge is 2.05. The van der Waals surface area contributed by atoms with Crippen LogP contribution in [0.1, 0.15) is 0 Å². The third kappa shape index (κ3) is 1.44. The standard InChI is InChI=1S/C11H7ClN4/c12-10-5-11(14-7-13-10)16-9-4-2-1-3-8(9)6-15-16/h1-7H. The van der Waals surface area contributed by atoms with Crippen molar-refractivity contribution in [3.05, 3.63) is 48.0 Å². The first-order valence-corrected chi connectivity index (χ1v) is 5.13. The predicted molar refractivity (Wildman–Crippen MR) is 61.7 cm³/mol. The third-order valence-corrected chi connectivity index (χ3v) is 2.52. The first-order valence-electron chi connectivity index (χ1n) is 4.75. The van der Waals surface area contributed by atoms with Gasteiger partial charge in [0, 0.05) is 11.5 Å². The highest BCUT2D eigenvalue weighted by molar-refractivity contribution is 6.29. The lowest BCUT2D eigenvalue weighted by Gasteiger charge is -2.01. The van der Waals surface area contributed by atoms with Crippen LogP contribution in [-0.4, -0.2) is 19.7 Å². The maximum absolute atomic E-state index is 5.82. The summed E-state index contributed by atoms with van der Waals surface area (Å²) in [6, 6.07) is 9.60. The predicted octanol–water partition coefficient (Wildman–Crippen LogP) is 2.47. The Morgan fingerprint density at radius 1 is 1.12 bits per heavy atom. The number of para-hydroxylation sites is 1. The summed E-state index contributed by atoms with van der Waals surface area (Å²) in [6.07, 6.45) is 3.22. The van der Waals surface area contributed by atoms with Gasteiger partial charge >= 0.3 is 0 Å². The fraction of sp³-hybridized carbons (Fsp3) is 0. The molecule has 0 saturated heterocycles. The Labute approximate surface area is 96.5 Å².